The summed E-state index contributed by atoms with van der Waals surface area (Å²) in [6.07, 6.45) is 0. The zero-order valence-electron chi connectivity index (χ0n) is 19.1. The first-order valence-corrected chi connectivity index (χ1v) is 10.6. The van der Waals surface area contributed by atoms with Gasteiger partial charge >= 0.3 is 0 Å². The normalized spacial score (nSPS) is 11.3. The molecule has 3 aromatic heterocycles. The minimum absolute atomic E-state index is 0.444. The molecular formula is C23H28N6O3. The first-order valence-electron chi connectivity index (χ1n) is 10.6. The van der Waals surface area contributed by atoms with E-state index in [2.05, 4.69) is 15.0 Å². The lowest BCUT2D eigenvalue weighted by Crippen LogP contribution is -2.29. The fourth-order valence-electron chi connectivity index (χ4n) is 3.72. The maximum absolute atomic E-state index is 5.59. The van der Waals surface area contributed by atoms with Crippen molar-refractivity contribution in [3.05, 3.63) is 53.4 Å². The summed E-state index contributed by atoms with van der Waals surface area (Å²) in [6.45, 7) is 10.0. The molecule has 0 radical (unpaired) electrons. The molecule has 0 unspecified atom stereocenters. The number of aryl methyl sites for hydroxylation is 3. The molecule has 1 aromatic carbocycles. The van der Waals surface area contributed by atoms with Crippen molar-refractivity contribution in [2.75, 3.05) is 31.8 Å². The Morgan fingerprint density at radius 1 is 1.09 bits per heavy atom. The Morgan fingerprint density at radius 3 is 2.53 bits per heavy atom. The van der Waals surface area contributed by atoms with E-state index in [0.29, 0.717) is 38.0 Å². The summed E-state index contributed by atoms with van der Waals surface area (Å²) in [5.74, 6) is 2.88. The minimum atomic E-state index is 0.444. The van der Waals surface area contributed by atoms with E-state index < -0.39 is 0 Å². The summed E-state index contributed by atoms with van der Waals surface area (Å²) < 4.78 is 18.2. The molecule has 32 heavy (non-hydrogen) atoms. The second-order valence-corrected chi connectivity index (χ2v) is 7.56. The fourth-order valence-corrected chi connectivity index (χ4v) is 3.72. The van der Waals surface area contributed by atoms with Crippen LogP contribution in [0.2, 0.25) is 0 Å². The van der Waals surface area contributed by atoms with Crippen molar-refractivity contribution in [3.8, 4) is 16.9 Å². The van der Waals surface area contributed by atoms with E-state index in [-0.39, 0.29) is 0 Å². The van der Waals surface area contributed by atoms with E-state index in [1.54, 1.807) is 14.0 Å². The van der Waals surface area contributed by atoms with Gasteiger partial charge in [0.2, 0.25) is 5.89 Å². The van der Waals surface area contributed by atoms with Crippen molar-refractivity contribution in [1.29, 1.82) is 0 Å². The van der Waals surface area contributed by atoms with Crippen LogP contribution in [0, 0.1) is 20.8 Å². The molecule has 0 aliphatic rings. The van der Waals surface area contributed by atoms with Crippen LogP contribution in [-0.2, 0) is 11.3 Å². The van der Waals surface area contributed by atoms with Gasteiger partial charge in [0.25, 0.3) is 0 Å². The van der Waals surface area contributed by atoms with E-state index in [1.807, 2.05) is 55.6 Å². The third kappa shape index (κ3) is 4.43. The Bertz CT molecular complexity index is 1200. The molecule has 0 bridgehead atoms. The van der Waals surface area contributed by atoms with Crippen LogP contribution in [0.5, 0.6) is 5.75 Å². The van der Waals surface area contributed by atoms with Crippen LogP contribution in [0.4, 0.5) is 5.82 Å². The van der Waals surface area contributed by atoms with Gasteiger partial charge in [0, 0.05) is 31.0 Å². The molecule has 4 rings (SSSR count). The number of benzene rings is 1. The molecule has 0 fully saturated rings. The summed E-state index contributed by atoms with van der Waals surface area (Å²) >= 11 is 0. The number of anilines is 1. The Morgan fingerprint density at radius 2 is 1.88 bits per heavy atom. The number of fused-ring (bicyclic) bond motifs is 1. The van der Waals surface area contributed by atoms with Gasteiger partial charge in [-0.3, -0.25) is 0 Å². The molecule has 0 saturated carbocycles. The summed E-state index contributed by atoms with van der Waals surface area (Å²) in [5.41, 5.74) is 4.63. The molecule has 9 nitrogen and oxygen atoms in total. The molecule has 0 spiro atoms. The number of hydrogen-bond donors (Lipinski definition) is 0. The van der Waals surface area contributed by atoms with Crippen LogP contribution in [0.25, 0.3) is 16.8 Å². The highest BCUT2D eigenvalue weighted by Gasteiger charge is 2.21. The van der Waals surface area contributed by atoms with E-state index in [9.17, 15) is 0 Å². The third-order valence-corrected chi connectivity index (χ3v) is 5.11. The molecule has 0 N–H and O–H groups in total. The minimum Gasteiger partial charge on any atom is -0.494 e. The van der Waals surface area contributed by atoms with Crippen molar-refractivity contribution in [2.45, 2.75) is 34.2 Å². The SMILES string of the molecule is CCOc1ccc(-c2c(C)nn3c(N(CCOC)Cc4nc(C)no4)cc(C)nc23)cc1. The van der Waals surface area contributed by atoms with Gasteiger partial charge < -0.3 is 18.9 Å². The van der Waals surface area contributed by atoms with Gasteiger partial charge in [-0.1, -0.05) is 17.3 Å². The highest BCUT2D eigenvalue weighted by molar-refractivity contribution is 5.81. The van der Waals surface area contributed by atoms with Crippen LogP contribution >= 0.6 is 0 Å². The molecule has 4 aromatic rings. The maximum atomic E-state index is 5.59. The van der Waals surface area contributed by atoms with Crippen molar-refractivity contribution < 1.29 is 14.0 Å². The molecule has 3 heterocycles. The zero-order valence-corrected chi connectivity index (χ0v) is 19.1. The van der Waals surface area contributed by atoms with Crippen molar-refractivity contribution in [3.63, 3.8) is 0 Å². The van der Waals surface area contributed by atoms with Gasteiger partial charge in [0.1, 0.15) is 11.6 Å². The number of aromatic nitrogens is 5. The van der Waals surface area contributed by atoms with Crippen LogP contribution in [0.1, 0.15) is 30.0 Å². The summed E-state index contributed by atoms with van der Waals surface area (Å²) in [7, 11) is 1.69. The van der Waals surface area contributed by atoms with E-state index in [1.165, 1.54) is 0 Å². The molecule has 0 amide bonds. The lowest BCUT2D eigenvalue weighted by atomic mass is 10.1. The van der Waals surface area contributed by atoms with Gasteiger partial charge in [0.05, 0.1) is 25.5 Å². The summed E-state index contributed by atoms with van der Waals surface area (Å²) in [5, 5.41) is 8.75. The number of ether oxygens (including phenoxy) is 2. The first-order chi connectivity index (χ1) is 15.5. The number of hydrogen-bond acceptors (Lipinski definition) is 8. The van der Waals surface area contributed by atoms with Gasteiger partial charge in [-0.15, -0.1) is 0 Å². The van der Waals surface area contributed by atoms with Crippen molar-refractivity contribution in [2.24, 2.45) is 0 Å². The van der Waals surface area contributed by atoms with E-state index in [0.717, 1.165) is 39.7 Å². The van der Waals surface area contributed by atoms with E-state index in [4.69, 9.17) is 24.1 Å². The topological polar surface area (TPSA) is 90.8 Å². The number of methoxy groups -OCH3 is 1. The molecule has 0 aliphatic heterocycles. The molecular weight excluding hydrogens is 408 g/mol. The highest BCUT2D eigenvalue weighted by Crippen LogP contribution is 2.31. The summed E-state index contributed by atoms with van der Waals surface area (Å²) in [6, 6.07) is 10.0. The standard InChI is InChI=1S/C23H28N6O3/c1-6-31-19-9-7-18(8-10-19)22-16(3)26-29-21(13-15(2)24-23(22)29)28(11-12-30-5)14-20-25-17(4)27-32-20/h7-10,13H,6,11-12,14H2,1-5H3. The molecule has 168 valence electrons. The third-order valence-electron chi connectivity index (χ3n) is 5.11. The van der Waals surface area contributed by atoms with Gasteiger partial charge in [-0.05, 0) is 45.4 Å². The second kappa shape index (κ2) is 9.35. The lowest BCUT2D eigenvalue weighted by Gasteiger charge is -2.23. The van der Waals surface area contributed by atoms with Crippen LogP contribution in [0.15, 0.2) is 34.9 Å². The fraction of sp³-hybridized carbons (Fsp3) is 0.391. The summed E-state index contributed by atoms with van der Waals surface area (Å²) in [4.78, 5) is 11.3. The van der Waals surface area contributed by atoms with Crippen LogP contribution < -0.4 is 9.64 Å². The monoisotopic (exact) mass is 436 g/mol. The van der Waals surface area contributed by atoms with Crippen molar-refractivity contribution in [1.82, 2.24) is 24.7 Å². The highest BCUT2D eigenvalue weighted by atomic mass is 16.5. The lowest BCUT2D eigenvalue weighted by molar-refractivity contribution is 0.204. The zero-order chi connectivity index (χ0) is 22.7. The number of rotatable bonds is 9. The molecule has 0 saturated heterocycles. The van der Waals surface area contributed by atoms with Gasteiger partial charge in [-0.2, -0.15) is 14.6 Å². The predicted molar refractivity (Wildman–Crippen MR) is 121 cm³/mol. The second-order valence-electron chi connectivity index (χ2n) is 7.56. The number of nitrogens with zero attached hydrogens (tertiary/aromatic N) is 6. The van der Waals surface area contributed by atoms with E-state index >= 15 is 0 Å². The Kier molecular flexibility index (Phi) is 6.36. The van der Waals surface area contributed by atoms with Gasteiger partial charge in [0.15, 0.2) is 11.5 Å². The Labute approximate surface area is 187 Å². The predicted octanol–water partition coefficient (Wildman–Crippen LogP) is 3.76. The largest absolute Gasteiger partial charge is 0.494 e. The smallest absolute Gasteiger partial charge is 0.246 e. The quantitative estimate of drug-likeness (QED) is 0.392. The molecule has 0 aliphatic carbocycles. The molecule has 0 atom stereocenters. The Hall–Kier alpha value is -3.46. The van der Waals surface area contributed by atoms with Gasteiger partial charge in [-0.25, -0.2) is 4.98 Å². The average molecular weight is 437 g/mol. The average Bonchev–Trinajstić information content (AvgIpc) is 3.33. The Balaban J connectivity index is 1.79. The van der Waals surface area contributed by atoms with Crippen LogP contribution in [0.3, 0.4) is 0 Å². The first kappa shape index (κ1) is 21.8. The van der Waals surface area contributed by atoms with Crippen LogP contribution in [-0.4, -0.2) is 51.6 Å². The maximum Gasteiger partial charge on any atom is 0.246 e. The van der Waals surface area contributed by atoms with Crippen molar-refractivity contribution >= 4 is 11.5 Å². The molecule has 9 heteroatoms.